The average Bonchev–Trinajstić information content (AvgIpc) is 3.07. The average molecular weight is 238 g/mol. The van der Waals surface area contributed by atoms with Crippen LogP contribution < -0.4 is 5.32 Å². The van der Waals surface area contributed by atoms with Gasteiger partial charge in [-0.3, -0.25) is 4.79 Å². The third-order valence-corrected chi connectivity index (χ3v) is 4.59. The number of hydrogen-bond donors (Lipinski definition) is 1. The minimum Gasteiger partial charge on any atom is -0.339 e. The highest BCUT2D eigenvalue weighted by molar-refractivity contribution is 5.78. The van der Waals surface area contributed by atoms with Crippen LogP contribution in [-0.4, -0.2) is 36.5 Å². The number of likely N-dealkylation sites (N-methyl/N-ethyl adjacent to an activating group) is 1. The van der Waals surface area contributed by atoms with Crippen molar-refractivity contribution in [2.45, 2.75) is 58.4 Å². The molecule has 17 heavy (non-hydrogen) atoms. The van der Waals surface area contributed by atoms with Gasteiger partial charge >= 0.3 is 0 Å². The fourth-order valence-electron chi connectivity index (χ4n) is 2.89. The van der Waals surface area contributed by atoms with E-state index < -0.39 is 0 Å². The minimum absolute atomic E-state index is 0.292. The van der Waals surface area contributed by atoms with E-state index in [1.54, 1.807) is 0 Å². The van der Waals surface area contributed by atoms with Crippen LogP contribution in [0.25, 0.3) is 0 Å². The van der Waals surface area contributed by atoms with E-state index in [1.165, 1.54) is 38.5 Å². The Bertz CT molecular complexity index is 264. The van der Waals surface area contributed by atoms with E-state index >= 15 is 0 Å². The molecule has 3 nitrogen and oxygen atoms in total. The standard InChI is InChI=1S/C14H26N2O/c1-3-14(8-5-9-14)11-15-10-13(17)16(4-2)12-6-7-12/h12,15H,3-11H2,1-2H3. The minimum atomic E-state index is 0.292. The van der Waals surface area contributed by atoms with Crippen LogP contribution in [0, 0.1) is 5.41 Å². The lowest BCUT2D eigenvalue weighted by Crippen LogP contribution is -2.44. The SMILES string of the molecule is CCN(C(=O)CNCC1(CC)CCC1)C1CC1. The molecule has 2 fully saturated rings. The predicted molar refractivity (Wildman–Crippen MR) is 69.9 cm³/mol. The molecule has 0 unspecified atom stereocenters. The molecule has 2 saturated carbocycles. The zero-order chi connectivity index (χ0) is 12.3. The van der Waals surface area contributed by atoms with Crippen LogP contribution in [0.15, 0.2) is 0 Å². The summed E-state index contributed by atoms with van der Waals surface area (Å²) in [4.78, 5) is 14.0. The number of hydrogen-bond acceptors (Lipinski definition) is 2. The molecular weight excluding hydrogens is 212 g/mol. The van der Waals surface area contributed by atoms with Gasteiger partial charge in [-0.15, -0.1) is 0 Å². The van der Waals surface area contributed by atoms with E-state index in [9.17, 15) is 4.79 Å². The van der Waals surface area contributed by atoms with Gasteiger partial charge in [-0.2, -0.15) is 0 Å². The van der Waals surface area contributed by atoms with Crippen LogP contribution in [0.4, 0.5) is 0 Å². The summed E-state index contributed by atoms with van der Waals surface area (Å²) in [5.74, 6) is 0.292. The van der Waals surface area contributed by atoms with E-state index in [4.69, 9.17) is 0 Å². The van der Waals surface area contributed by atoms with Crippen LogP contribution in [-0.2, 0) is 4.79 Å². The molecule has 1 N–H and O–H groups in total. The van der Waals surface area contributed by atoms with Gasteiger partial charge in [0.15, 0.2) is 0 Å². The highest BCUT2D eigenvalue weighted by atomic mass is 16.2. The molecule has 0 radical (unpaired) electrons. The Morgan fingerprint density at radius 3 is 2.47 bits per heavy atom. The molecule has 0 saturated heterocycles. The Morgan fingerprint density at radius 1 is 1.35 bits per heavy atom. The lowest BCUT2D eigenvalue weighted by molar-refractivity contribution is -0.130. The molecule has 0 aromatic rings. The number of carbonyl (C=O) groups is 1. The topological polar surface area (TPSA) is 32.3 Å². The van der Waals surface area contributed by atoms with Gasteiger partial charge in [-0.1, -0.05) is 13.3 Å². The quantitative estimate of drug-likeness (QED) is 0.737. The molecule has 0 bridgehead atoms. The zero-order valence-electron chi connectivity index (χ0n) is 11.3. The number of nitrogens with one attached hydrogen (secondary N) is 1. The number of amides is 1. The van der Waals surface area contributed by atoms with E-state index in [-0.39, 0.29) is 0 Å². The summed E-state index contributed by atoms with van der Waals surface area (Å²) in [5, 5.41) is 3.39. The van der Waals surface area contributed by atoms with E-state index in [1.807, 2.05) is 4.90 Å². The molecule has 0 aliphatic heterocycles. The number of carbonyl (C=O) groups excluding carboxylic acids is 1. The smallest absolute Gasteiger partial charge is 0.236 e. The Labute approximate surface area is 105 Å². The second-order valence-electron chi connectivity index (χ2n) is 5.72. The van der Waals surface area contributed by atoms with Crippen molar-refractivity contribution < 1.29 is 4.79 Å². The van der Waals surface area contributed by atoms with Crippen molar-refractivity contribution >= 4 is 5.91 Å². The van der Waals surface area contributed by atoms with Gasteiger partial charge in [-0.05, 0) is 44.4 Å². The molecule has 1 amide bonds. The number of rotatable bonds is 7. The number of nitrogens with zero attached hydrogens (tertiary/aromatic N) is 1. The van der Waals surface area contributed by atoms with Gasteiger partial charge in [-0.25, -0.2) is 0 Å². The van der Waals surface area contributed by atoms with Crippen LogP contribution in [0.3, 0.4) is 0 Å². The first kappa shape index (κ1) is 12.9. The highest BCUT2D eigenvalue weighted by Crippen LogP contribution is 2.42. The van der Waals surface area contributed by atoms with Crippen molar-refractivity contribution in [2.24, 2.45) is 5.41 Å². The summed E-state index contributed by atoms with van der Waals surface area (Å²) in [6, 6.07) is 0.554. The molecular formula is C14H26N2O. The first-order chi connectivity index (χ1) is 8.21. The largest absolute Gasteiger partial charge is 0.339 e. The van der Waals surface area contributed by atoms with Crippen molar-refractivity contribution in [1.82, 2.24) is 10.2 Å². The Balaban J connectivity index is 1.68. The van der Waals surface area contributed by atoms with Crippen molar-refractivity contribution in [2.75, 3.05) is 19.6 Å². The first-order valence-corrected chi connectivity index (χ1v) is 7.21. The maximum absolute atomic E-state index is 12.0. The van der Waals surface area contributed by atoms with Crippen LogP contribution >= 0.6 is 0 Å². The third-order valence-electron chi connectivity index (χ3n) is 4.59. The molecule has 2 aliphatic carbocycles. The lowest BCUT2D eigenvalue weighted by atomic mass is 9.67. The molecule has 0 heterocycles. The van der Waals surface area contributed by atoms with Gasteiger partial charge < -0.3 is 10.2 Å². The van der Waals surface area contributed by atoms with Crippen molar-refractivity contribution in [1.29, 1.82) is 0 Å². The van der Waals surface area contributed by atoms with Crippen molar-refractivity contribution in [3.63, 3.8) is 0 Å². The van der Waals surface area contributed by atoms with Crippen LogP contribution in [0.2, 0.25) is 0 Å². The maximum Gasteiger partial charge on any atom is 0.236 e. The molecule has 0 aromatic carbocycles. The van der Waals surface area contributed by atoms with Gasteiger partial charge in [0.1, 0.15) is 0 Å². The van der Waals surface area contributed by atoms with Crippen LogP contribution in [0.1, 0.15) is 52.4 Å². The summed E-state index contributed by atoms with van der Waals surface area (Å²) < 4.78 is 0. The molecule has 2 aliphatic rings. The molecule has 0 aromatic heterocycles. The van der Waals surface area contributed by atoms with Crippen molar-refractivity contribution in [3.05, 3.63) is 0 Å². The van der Waals surface area contributed by atoms with E-state index in [0.717, 1.165) is 13.1 Å². The van der Waals surface area contributed by atoms with Gasteiger partial charge in [0.2, 0.25) is 5.91 Å². The Hall–Kier alpha value is -0.570. The second-order valence-corrected chi connectivity index (χ2v) is 5.72. The fraction of sp³-hybridized carbons (Fsp3) is 0.929. The summed E-state index contributed by atoms with van der Waals surface area (Å²) in [6.07, 6.45) is 7.70. The lowest BCUT2D eigenvalue weighted by Gasteiger charge is -2.41. The maximum atomic E-state index is 12.0. The van der Waals surface area contributed by atoms with Crippen molar-refractivity contribution in [3.8, 4) is 0 Å². The Morgan fingerprint density at radius 2 is 2.06 bits per heavy atom. The van der Waals surface area contributed by atoms with Gasteiger partial charge in [0.25, 0.3) is 0 Å². The summed E-state index contributed by atoms with van der Waals surface area (Å²) in [5.41, 5.74) is 0.511. The summed E-state index contributed by atoms with van der Waals surface area (Å²) in [6.45, 7) is 6.77. The van der Waals surface area contributed by atoms with Crippen LogP contribution in [0.5, 0.6) is 0 Å². The summed E-state index contributed by atoms with van der Waals surface area (Å²) >= 11 is 0. The monoisotopic (exact) mass is 238 g/mol. The molecule has 0 spiro atoms. The van der Waals surface area contributed by atoms with Gasteiger partial charge in [0, 0.05) is 19.1 Å². The normalized spacial score (nSPS) is 22.0. The molecule has 0 atom stereocenters. The summed E-state index contributed by atoms with van der Waals surface area (Å²) in [7, 11) is 0. The zero-order valence-corrected chi connectivity index (χ0v) is 11.3. The first-order valence-electron chi connectivity index (χ1n) is 7.21. The third kappa shape index (κ3) is 3.01. The predicted octanol–water partition coefficient (Wildman–Crippen LogP) is 2.17. The highest BCUT2D eigenvalue weighted by Gasteiger charge is 2.35. The molecule has 2 rings (SSSR count). The fourth-order valence-corrected chi connectivity index (χ4v) is 2.89. The van der Waals surface area contributed by atoms with Gasteiger partial charge in [0.05, 0.1) is 6.54 Å². The second kappa shape index (κ2) is 5.38. The van der Waals surface area contributed by atoms with E-state index in [0.29, 0.717) is 23.9 Å². The molecule has 3 heteroatoms. The molecule has 98 valence electrons. The Kier molecular flexibility index (Phi) is 4.08. The van der Waals surface area contributed by atoms with E-state index in [2.05, 4.69) is 19.2 Å².